The number of thiazole rings is 1. The van der Waals surface area contributed by atoms with E-state index in [1.54, 1.807) is 11.3 Å². The van der Waals surface area contributed by atoms with Crippen molar-refractivity contribution in [3.05, 3.63) is 46.5 Å². The molecular weight excluding hydrogens is 272 g/mol. The Morgan fingerprint density at radius 2 is 2.21 bits per heavy atom. The maximum Gasteiger partial charge on any atom is 0.182 e. The zero-order valence-corrected chi connectivity index (χ0v) is 13.1. The Morgan fingerprint density at radius 1 is 1.32 bits per heavy atom. The molecule has 0 aliphatic carbocycles. The van der Waals surface area contributed by atoms with Crippen molar-refractivity contribution < 1.29 is 0 Å². The number of nitrogens with one attached hydrogen (secondary N) is 1. The Morgan fingerprint density at radius 3 is 3.00 bits per heavy atom. The molecular formula is C15H20N2S2. The van der Waals surface area contributed by atoms with Gasteiger partial charge in [-0.15, -0.1) is 11.3 Å². The summed E-state index contributed by atoms with van der Waals surface area (Å²) in [6.45, 7) is 5.31. The summed E-state index contributed by atoms with van der Waals surface area (Å²) in [6.07, 6.45) is 3.13. The van der Waals surface area contributed by atoms with Crippen LogP contribution in [0.25, 0.3) is 0 Å². The summed E-state index contributed by atoms with van der Waals surface area (Å²) in [4.78, 5) is 5.73. The number of thioether (sulfide) groups is 1. The highest BCUT2D eigenvalue weighted by Gasteiger charge is 2.02. The predicted molar refractivity (Wildman–Crippen MR) is 87.1 cm³/mol. The van der Waals surface area contributed by atoms with Gasteiger partial charge in [-0.1, -0.05) is 36.8 Å². The Bertz CT molecular complexity index is 508. The molecule has 0 spiro atoms. The van der Waals surface area contributed by atoms with Gasteiger partial charge in [0.15, 0.2) is 5.13 Å². The Hall–Kier alpha value is -1.00. The zero-order valence-electron chi connectivity index (χ0n) is 11.5. The molecule has 2 nitrogen and oxygen atoms in total. The summed E-state index contributed by atoms with van der Waals surface area (Å²) in [5.41, 5.74) is 2.74. The number of anilines is 1. The molecule has 0 amide bonds. The molecule has 0 bridgehead atoms. The quantitative estimate of drug-likeness (QED) is 0.800. The third-order valence-electron chi connectivity index (χ3n) is 2.68. The minimum atomic E-state index is 1.00. The molecule has 2 aromatic rings. The first-order valence-electron chi connectivity index (χ1n) is 6.60. The monoisotopic (exact) mass is 292 g/mol. The molecule has 0 radical (unpaired) electrons. The molecule has 0 unspecified atom stereocenters. The minimum Gasteiger partial charge on any atom is -0.362 e. The SMILES string of the molecule is CCCNc1ncc(CSCc2cccc(C)c2)s1. The number of rotatable bonds is 7. The first-order valence-corrected chi connectivity index (χ1v) is 8.57. The van der Waals surface area contributed by atoms with Gasteiger partial charge in [0.2, 0.25) is 0 Å². The average Bonchev–Trinajstić information content (AvgIpc) is 2.84. The molecule has 2 rings (SSSR count). The van der Waals surface area contributed by atoms with Crippen molar-refractivity contribution in [2.75, 3.05) is 11.9 Å². The van der Waals surface area contributed by atoms with Crippen LogP contribution >= 0.6 is 23.1 Å². The summed E-state index contributed by atoms with van der Waals surface area (Å²) in [6, 6.07) is 8.72. The molecule has 1 aromatic carbocycles. The summed E-state index contributed by atoms with van der Waals surface area (Å²) in [5.74, 6) is 2.11. The van der Waals surface area contributed by atoms with Gasteiger partial charge in [0, 0.05) is 29.1 Å². The summed E-state index contributed by atoms with van der Waals surface area (Å²) in [5, 5.41) is 4.38. The van der Waals surface area contributed by atoms with E-state index in [-0.39, 0.29) is 0 Å². The molecule has 19 heavy (non-hydrogen) atoms. The van der Waals surface area contributed by atoms with E-state index in [1.165, 1.54) is 16.0 Å². The highest BCUT2D eigenvalue weighted by atomic mass is 32.2. The third-order valence-corrected chi connectivity index (χ3v) is 4.87. The maximum atomic E-state index is 4.39. The number of benzene rings is 1. The summed E-state index contributed by atoms with van der Waals surface area (Å²) in [7, 11) is 0. The van der Waals surface area contributed by atoms with Gasteiger partial charge >= 0.3 is 0 Å². The maximum absolute atomic E-state index is 4.39. The Labute approximate surface area is 123 Å². The second kappa shape index (κ2) is 7.56. The molecule has 1 N–H and O–H groups in total. The number of aryl methyl sites for hydroxylation is 1. The fourth-order valence-electron chi connectivity index (χ4n) is 1.76. The van der Waals surface area contributed by atoms with Crippen LogP contribution in [0.2, 0.25) is 0 Å². The van der Waals surface area contributed by atoms with Crippen LogP contribution in [-0.4, -0.2) is 11.5 Å². The van der Waals surface area contributed by atoms with Crippen LogP contribution in [-0.2, 0) is 11.5 Å². The van der Waals surface area contributed by atoms with Gasteiger partial charge in [-0.3, -0.25) is 0 Å². The molecule has 1 heterocycles. The highest BCUT2D eigenvalue weighted by molar-refractivity contribution is 7.97. The van der Waals surface area contributed by atoms with E-state index in [1.807, 2.05) is 18.0 Å². The van der Waals surface area contributed by atoms with Gasteiger partial charge in [-0.2, -0.15) is 11.8 Å². The van der Waals surface area contributed by atoms with E-state index in [0.29, 0.717) is 0 Å². The second-order valence-electron chi connectivity index (χ2n) is 4.54. The van der Waals surface area contributed by atoms with Crippen LogP contribution in [0.1, 0.15) is 29.3 Å². The number of hydrogen-bond acceptors (Lipinski definition) is 4. The van der Waals surface area contributed by atoms with Gasteiger partial charge in [0.25, 0.3) is 0 Å². The number of nitrogens with zero attached hydrogens (tertiary/aromatic N) is 1. The van der Waals surface area contributed by atoms with Gasteiger partial charge in [0.1, 0.15) is 0 Å². The molecule has 0 aliphatic rings. The van der Waals surface area contributed by atoms with Crippen LogP contribution in [0, 0.1) is 6.92 Å². The smallest absolute Gasteiger partial charge is 0.182 e. The Kier molecular flexibility index (Phi) is 5.73. The van der Waals surface area contributed by atoms with Gasteiger partial charge in [0.05, 0.1) is 0 Å². The molecule has 4 heteroatoms. The lowest BCUT2D eigenvalue weighted by molar-refractivity contribution is 0.976. The van der Waals surface area contributed by atoms with Gasteiger partial charge in [-0.05, 0) is 18.9 Å². The molecule has 102 valence electrons. The van der Waals surface area contributed by atoms with E-state index < -0.39 is 0 Å². The van der Waals surface area contributed by atoms with Crippen LogP contribution in [0.15, 0.2) is 30.5 Å². The summed E-state index contributed by atoms with van der Waals surface area (Å²) >= 11 is 3.72. The van der Waals surface area contributed by atoms with Crippen molar-refractivity contribution in [1.82, 2.24) is 4.98 Å². The topological polar surface area (TPSA) is 24.9 Å². The van der Waals surface area contributed by atoms with E-state index in [2.05, 4.69) is 48.4 Å². The fourth-order valence-corrected chi connectivity index (χ4v) is 3.67. The summed E-state index contributed by atoms with van der Waals surface area (Å²) < 4.78 is 0. The molecule has 1 aromatic heterocycles. The van der Waals surface area contributed by atoms with Crippen molar-refractivity contribution in [2.24, 2.45) is 0 Å². The average molecular weight is 292 g/mol. The Balaban J connectivity index is 1.77. The van der Waals surface area contributed by atoms with Crippen LogP contribution in [0.3, 0.4) is 0 Å². The van der Waals surface area contributed by atoms with Crippen LogP contribution < -0.4 is 5.32 Å². The lowest BCUT2D eigenvalue weighted by atomic mass is 10.2. The molecule has 0 atom stereocenters. The standard InChI is InChI=1S/C15H20N2S2/c1-3-7-16-15-17-9-14(19-15)11-18-10-13-6-4-5-12(2)8-13/h4-6,8-9H,3,7,10-11H2,1-2H3,(H,16,17). The molecule has 0 saturated carbocycles. The second-order valence-corrected chi connectivity index (χ2v) is 6.64. The van der Waals surface area contributed by atoms with Crippen LogP contribution in [0.4, 0.5) is 5.13 Å². The van der Waals surface area contributed by atoms with E-state index in [0.717, 1.165) is 29.6 Å². The lowest BCUT2D eigenvalue weighted by Crippen LogP contribution is -1.97. The largest absolute Gasteiger partial charge is 0.362 e. The number of hydrogen-bond donors (Lipinski definition) is 1. The highest BCUT2D eigenvalue weighted by Crippen LogP contribution is 2.24. The van der Waals surface area contributed by atoms with E-state index in [4.69, 9.17) is 0 Å². The first-order chi connectivity index (χ1) is 9.28. The van der Waals surface area contributed by atoms with Crippen molar-refractivity contribution in [3.63, 3.8) is 0 Å². The molecule has 0 aliphatic heterocycles. The minimum absolute atomic E-state index is 1.00. The zero-order chi connectivity index (χ0) is 13.5. The lowest BCUT2D eigenvalue weighted by Gasteiger charge is -2.01. The van der Waals surface area contributed by atoms with Crippen molar-refractivity contribution in [2.45, 2.75) is 31.8 Å². The van der Waals surface area contributed by atoms with Crippen molar-refractivity contribution in [1.29, 1.82) is 0 Å². The van der Waals surface area contributed by atoms with E-state index >= 15 is 0 Å². The first kappa shape index (κ1) is 14.4. The fraction of sp³-hybridized carbons (Fsp3) is 0.400. The van der Waals surface area contributed by atoms with Gasteiger partial charge in [-0.25, -0.2) is 4.98 Å². The molecule has 0 fully saturated rings. The predicted octanol–water partition coefficient (Wildman–Crippen LogP) is 4.71. The van der Waals surface area contributed by atoms with Crippen LogP contribution in [0.5, 0.6) is 0 Å². The van der Waals surface area contributed by atoms with Crippen molar-refractivity contribution >= 4 is 28.2 Å². The number of aromatic nitrogens is 1. The third kappa shape index (κ3) is 4.88. The van der Waals surface area contributed by atoms with E-state index in [9.17, 15) is 0 Å². The normalized spacial score (nSPS) is 10.6. The molecule has 0 saturated heterocycles. The van der Waals surface area contributed by atoms with Gasteiger partial charge < -0.3 is 5.32 Å². The van der Waals surface area contributed by atoms with Crippen molar-refractivity contribution in [3.8, 4) is 0 Å².